The van der Waals surface area contributed by atoms with E-state index in [1.165, 1.54) is 0 Å². The molecule has 2 aromatic rings. The third-order valence-electron chi connectivity index (χ3n) is 3.92. The number of methoxy groups -OCH3 is 1. The first-order valence-electron chi connectivity index (χ1n) is 8.48. The van der Waals surface area contributed by atoms with Crippen LogP contribution in [0.5, 0.6) is 5.75 Å². The Hall–Kier alpha value is -2.33. The van der Waals surface area contributed by atoms with Gasteiger partial charge in [0.2, 0.25) is 5.91 Å². The number of hydrogen-bond donors (Lipinski definition) is 2. The molecule has 0 bridgehead atoms. The number of hydrogen-bond acceptors (Lipinski definition) is 3. The molecule has 0 aromatic heterocycles. The Morgan fingerprint density at radius 3 is 2.62 bits per heavy atom. The summed E-state index contributed by atoms with van der Waals surface area (Å²) < 4.78 is 5.41. The summed E-state index contributed by atoms with van der Waals surface area (Å²) in [5.41, 5.74) is 8.31. The molecule has 3 N–H and O–H groups in total. The molecule has 4 heteroatoms. The molecule has 1 amide bonds. The van der Waals surface area contributed by atoms with Crippen molar-refractivity contribution in [2.24, 2.45) is 5.73 Å². The second-order valence-electron chi connectivity index (χ2n) is 5.78. The summed E-state index contributed by atoms with van der Waals surface area (Å²) in [6.07, 6.45) is 4.61. The van der Waals surface area contributed by atoms with Crippen LogP contribution in [0.25, 0.3) is 11.1 Å². The minimum Gasteiger partial charge on any atom is -0.496 e. The van der Waals surface area contributed by atoms with Crippen molar-refractivity contribution < 1.29 is 9.53 Å². The first kappa shape index (κ1) is 18.0. The van der Waals surface area contributed by atoms with Gasteiger partial charge in [0.25, 0.3) is 0 Å². The van der Waals surface area contributed by atoms with Crippen molar-refractivity contribution in [1.29, 1.82) is 0 Å². The van der Waals surface area contributed by atoms with E-state index >= 15 is 0 Å². The third-order valence-corrected chi connectivity index (χ3v) is 3.92. The number of unbranched alkanes of at least 4 members (excludes halogenated alkanes) is 3. The number of benzene rings is 2. The number of anilines is 1. The fraction of sp³-hybridized carbons (Fsp3) is 0.350. The summed E-state index contributed by atoms with van der Waals surface area (Å²) in [6.45, 7) is 0.724. The molecule has 0 fully saturated rings. The van der Waals surface area contributed by atoms with Gasteiger partial charge in [0.1, 0.15) is 5.75 Å². The molecule has 2 rings (SSSR count). The molecule has 0 saturated carbocycles. The zero-order valence-corrected chi connectivity index (χ0v) is 14.3. The van der Waals surface area contributed by atoms with Gasteiger partial charge in [0, 0.05) is 17.7 Å². The number of ether oxygens (including phenoxy) is 1. The third kappa shape index (κ3) is 5.39. The Kier molecular flexibility index (Phi) is 7.30. The van der Waals surface area contributed by atoms with E-state index in [0.717, 1.165) is 54.8 Å². The van der Waals surface area contributed by atoms with Crippen LogP contribution in [0.4, 0.5) is 5.69 Å². The fourth-order valence-corrected chi connectivity index (χ4v) is 2.65. The molecule has 4 nitrogen and oxygen atoms in total. The predicted molar refractivity (Wildman–Crippen MR) is 99.2 cm³/mol. The molecule has 0 atom stereocenters. The highest BCUT2D eigenvalue weighted by Gasteiger charge is 2.07. The lowest BCUT2D eigenvalue weighted by Crippen LogP contribution is -2.11. The largest absolute Gasteiger partial charge is 0.496 e. The second-order valence-corrected chi connectivity index (χ2v) is 5.78. The summed E-state index contributed by atoms with van der Waals surface area (Å²) in [5, 5.41) is 2.98. The van der Waals surface area contributed by atoms with Crippen LogP contribution in [0.3, 0.4) is 0 Å². The smallest absolute Gasteiger partial charge is 0.224 e. The molecule has 24 heavy (non-hydrogen) atoms. The Labute approximate surface area is 144 Å². The summed E-state index contributed by atoms with van der Waals surface area (Å²) in [5.74, 6) is 0.876. The van der Waals surface area contributed by atoms with Crippen LogP contribution >= 0.6 is 0 Å². The van der Waals surface area contributed by atoms with Crippen LogP contribution in [-0.4, -0.2) is 19.6 Å². The van der Waals surface area contributed by atoms with Crippen molar-refractivity contribution in [1.82, 2.24) is 0 Å². The average molecular weight is 326 g/mol. The van der Waals surface area contributed by atoms with E-state index in [0.29, 0.717) is 6.42 Å². The lowest BCUT2D eigenvalue weighted by Gasteiger charge is -2.10. The van der Waals surface area contributed by atoms with Crippen LogP contribution in [-0.2, 0) is 4.79 Å². The topological polar surface area (TPSA) is 64.3 Å². The fourth-order valence-electron chi connectivity index (χ4n) is 2.65. The van der Waals surface area contributed by atoms with Crippen molar-refractivity contribution in [2.45, 2.75) is 32.1 Å². The van der Waals surface area contributed by atoms with Crippen LogP contribution in [0, 0.1) is 0 Å². The number of nitrogens with two attached hydrogens (primary N) is 1. The van der Waals surface area contributed by atoms with E-state index in [9.17, 15) is 4.79 Å². The highest BCUT2D eigenvalue weighted by molar-refractivity contribution is 5.91. The summed E-state index contributed by atoms with van der Waals surface area (Å²) >= 11 is 0. The zero-order valence-electron chi connectivity index (χ0n) is 14.3. The number of amides is 1. The summed E-state index contributed by atoms with van der Waals surface area (Å²) in [4.78, 5) is 12.1. The van der Waals surface area contributed by atoms with Gasteiger partial charge in [-0.1, -0.05) is 43.2 Å². The molecule has 0 aliphatic carbocycles. The SMILES string of the molecule is COc1ccccc1-c1cccc(NC(=O)CCCCCCN)c1. The molecule has 0 unspecified atom stereocenters. The number of carbonyl (C=O) groups is 1. The van der Waals surface area contributed by atoms with Gasteiger partial charge in [-0.05, 0) is 43.1 Å². The van der Waals surface area contributed by atoms with Crippen LogP contribution in [0.1, 0.15) is 32.1 Å². The lowest BCUT2D eigenvalue weighted by atomic mass is 10.0. The Balaban J connectivity index is 1.96. The lowest BCUT2D eigenvalue weighted by molar-refractivity contribution is -0.116. The van der Waals surface area contributed by atoms with Crippen molar-refractivity contribution in [3.05, 3.63) is 48.5 Å². The maximum absolute atomic E-state index is 12.1. The highest BCUT2D eigenvalue weighted by Crippen LogP contribution is 2.31. The molecule has 0 radical (unpaired) electrons. The van der Waals surface area contributed by atoms with Crippen LogP contribution in [0.15, 0.2) is 48.5 Å². The van der Waals surface area contributed by atoms with Gasteiger partial charge in [-0.3, -0.25) is 4.79 Å². The van der Waals surface area contributed by atoms with E-state index in [-0.39, 0.29) is 5.91 Å². The monoisotopic (exact) mass is 326 g/mol. The molecule has 128 valence electrons. The zero-order chi connectivity index (χ0) is 17.2. The Bertz CT molecular complexity index is 656. The highest BCUT2D eigenvalue weighted by atomic mass is 16.5. The predicted octanol–water partition coefficient (Wildman–Crippen LogP) is 4.21. The summed E-state index contributed by atoms with van der Waals surface area (Å²) in [6, 6.07) is 15.7. The molecular formula is C20H26N2O2. The molecule has 0 aliphatic rings. The first-order valence-corrected chi connectivity index (χ1v) is 8.48. The maximum atomic E-state index is 12.1. The van der Waals surface area contributed by atoms with E-state index in [4.69, 9.17) is 10.5 Å². The Morgan fingerprint density at radius 1 is 1.04 bits per heavy atom. The molecule has 0 heterocycles. The minimum absolute atomic E-state index is 0.0555. The van der Waals surface area contributed by atoms with E-state index in [1.807, 2.05) is 48.5 Å². The quantitative estimate of drug-likeness (QED) is 0.678. The molecule has 0 spiro atoms. The van der Waals surface area contributed by atoms with Gasteiger partial charge in [-0.2, -0.15) is 0 Å². The van der Waals surface area contributed by atoms with Crippen molar-refractivity contribution in [3.63, 3.8) is 0 Å². The average Bonchev–Trinajstić information content (AvgIpc) is 2.61. The number of nitrogens with one attached hydrogen (secondary N) is 1. The minimum atomic E-state index is 0.0555. The van der Waals surface area contributed by atoms with Gasteiger partial charge >= 0.3 is 0 Å². The van der Waals surface area contributed by atoms with Crippen molar-refractivity contribution in [2.75, 3.05) is 19.0 Å². The second kappa shape index (κ2) is 9.73. The number of para-hydroxylation sites is 1. The number of carbonyl (C=O) groups excluding carboxylic acids is 1. The van der Waals surface area contributed by atoms with Crippen LogP contribution < -0.4 is 15.8 Å². The standard InChI is InChI=1S/C20H26N2O2/c1-24-19-12-6-5-11-18(19)16-9-8-10-17(15-16)22-20(23)13-4-2-3-7-14-21/h5-6,8-12,15H,2-4,7,13-14,21H2,1H3,(H,22,23). The molecule has 2 aromatic carbocycles. The van der Waals surface area contributed by atoms with Gasteiger partial charge < -0.3 is 15.8 Å². The normalized spacial score (nSPS) is 10.4. The maximum Gasteiger partial charge on any atom is 0.224 e. The molecular weight excluding hydrogens is 300 g/mol. The number of rotatable bonds is 9. The van der Waals surface area contributed by atoms with Gasteiger partial charge in [-0.15, -0.1) is 0 Å². The first-order chi connectivity index (χ1) is 11.7. The van der Waals surface area contributed by atoms with Gasteiger partial charge in [0.05, 0.1) is 7.11 Å². The van der Waals surface area contributed by atoms with E-state index in [2.05, 4.69) is 5.32 Å². The summed E-state index contributed by atoms with van der Waals surface area (Å²) in [7, 11) is 1.66. The Morgan fingerprint density at radius 2 is 1.83 bits per heavy atom. The molecule has 0 aliphatic heterocycles. The van der Waals surface area contributed by atoms with E-state index < -0.39 is 0 Å². The van der Waals surface area contributed by atoms with Gasteiger partial charge in [-0.25, -0.2) is 0 Å². The van der Waals surface area contributed by atoms with Crippen molar-refractivity contribution in [3.8, 4) is 16.9 Å². The van der Waals surface area contributed by atoms with Gasteiger partial charge in [0.15, 0.2) is 0 Å². The van der Waals surface area contributed by atoms with Crippen molar-refractivity contribution >= 4 is 11.6 Å². The van der Waals surface area contributed by atoms with Crippen LogP contribution in [0.2, 0.25) is 0 Å². The van der Waals surface area contributed by atoms with E-state index in [1.54, 1.807) is 7.11 Å². The molecule has 0 saturated heterocycles.